The number of aliphatic hydroxyl groups is 1. The zero-order chi connectivity index (χ0) is 9.14. The summed E-state index contributed by atoms with van der Waals surface area (Å²) in [6.07, 6.45) is 0. The fourth-order valence-electron chi connectivity index (χ4n) is 0.857. The molecule has 0 atom stereocenters. The van der Waals surface area contributed by atoms with Crippen LogP contribution >= 0.6 is 11.6 Å². The van der Waals surface area contributed by atoms with Gasteiger partial charge >= 0.3 is 0 Å². The van der Waals surface area contributed by atoms with Crippen LogP contribution in [0.1, 0.15) is 15.9 Å². The van der Waals surface area contributed by atoms with Gasteiger partial charge in [0, 0.05) is 0 Å². The summed E-state index contributed by atoms with van der Waals surface area (Å²) in [5.74, 6) is -0.565. The maximum Gasteiger partial charge on any atom is 0.250 e. The van der Waals surface area contributed by atoms with Gasteiger partial charge in [-0.1, -0.05) is 17.7 Å². The van der Waals surface area contributed by atoms with Crippen LogP contribution in [-0.4, -0.2) is 11.0 Å². The molecule has 0 saturated carbocycles. The molecule has 0 spiro atoms. The molecule has 3 nitrogen and oxygen atoms in total. The molecule has 0 saturated heterocycles. The molecule has 4 heteroatoms. The smallest absolute Gasteiger partial charge is 0.250 e. The predicted octanol–water partition coefficient (Wildman–Crippen LogP) is 0.931. The summed E-state index contributed by atoms with van der Waals surface area (Å²) in [6.45, 7) is -0.0985. The number of carbonyl (C=O) groups is 1. The lowest BCUT2D eigenvalue weighted by Gasteiger charge is -2.00. The molecule has 3 N–H and O–H groups in total. The third kappa shape index (κ3) is 1.75. The van der Waals surface area contributed by atoms with E-state index in [9.17, 15) is 4.79 Å². The zero-order valence-corrected chi connectivity index (χ0v) is 7.01. The number of rotatable bonds is 2. The Labute approximate surface area is 74.8 Å². The topological polar surface area (TPSA) is 63.3 Å². The fraction of sp³-hybridized carbons (Fsp3) is 0.125. The largest absolute Gasteiger partial charge is 0.392 e. The standard InChI is InChI=1S/C8H8ClNO2/c9-7-3-5(4-11)1-2-6(7)8(10)12/h1-3,11H,4H2,(H2,10,12). The molecule has 0 aliphatic carbocycles. The van der Waals surface area contributed by atoms with E-state index in [1.165, 1.54) is 12.1 Å². The van der Waals surface area contributed by atoms with Crippen LogP contribution < -0.4 is 5.73 Å². The summed E-state index contributed by atoms with van der Waals surface area (Å²) in [5, 5.41) is 8.99. The van der Waals surface area contributed by atoms with Crippen molar-refractivity contribution in [1.29, 1.82) is 0 Å². The molecule has 0 bridgehead atoms. The molecule has 0 aliphatic heterocycles. The second-order valence-electron chi connectivity index (χ2n) is 2.34. The number of hydrogen-bond donors (Lipinski definition) is 2. The van der Waals surface area contributed by atoms with E-state index in [1.807, 2.05) is 0 Å². The van der Waals surface area contributed by atoms with E-state index in [4.69, 9.17) is 22.4 Å². The second-order valence-corrected chi connectivity index (χ2v) is 2.74. The molecule has 1 aromatic rings. The monoisotopic (exact) mass is 185 g/mol. The van der Waals surface area contributed by atoms with Crippen molar-refractivity contribution >= 4 is 17.5 Å². The minimum atomic E-state index is -0.565. The first-order valence-electron chi connectivity index (χ1n) is 3.34. The van der Waals surface area contributed by atoms with E-state index < -0.39 is 5.91 Å². The summed E-state index contributed by atoms with van der Waals surface area (Å²) in [4.78, 5) is 10.7. The number of primary amides is 1. The molecule has 64 valence electrons. The van der Waals surface area contributed by atoms with Crippen LogP contribution in [0.2, 0.25) is 5.02 Å². The van der Waals surface area contributed by atoms with Crippen molar-refractivity contribution in [2.24, 2.45) is 5.73 Å². The molecule has 0 radical (unpaired) electrons. The summed E-state index contributed by atoms with van der Waals surface area (Å²) in [5.41, 5.74) is 5.95. The van der Waals surface area contributed by atoms with Crippen molar-refractivity contribution in [2.75, 3.05) is 0 Å². The maximum atomic E-state index is 10.7. The molecule has 1 rings (SSSR count). The Balaban J connectivity index is 3.12. The van der Waals surface area contributed by atoms with Crippen LogP contribution in [-0.2, 0) is 6.61 Å². The van der Waals surface area contributed by atoms with Crippen molar-refractivity contribution in [3.05, 3.63) is 34.3 Å². The number of carbonyl (C=O) groups excluding carboxylic acids is 1. The average molecular weight is 186 g/mol. The van der Waals surface area contributed by atoms with Crippen molar-refractivity contribution in [3.63, 3.8) is 0 Å². The molecule has 12 heavy (non-hydrogen) atoms. The summed E-state index contributed by atoms with van der Waals surface area (Å²) in [7, 11) is 0. The highest BCUT2D eigenvalue weighted by atomic mass is 35.5. The molecule has 0 unspecified atom stereocenters. The molecule has 1 amide bonds. The number of halogens is 1. The van der Waals surface area contributed by atoms with Gasteiger partial charge in [-0.15, -0.1) is 0 Å². The second kappa shape index (κ2) is 3.56. The van der Waals surface area contributed by atoms with E-state index in [-0.39, 0.29) is 17.2 Å². The van der Waals surface area contributed by atoms with Gasteiger partial charge in [-0.05, 0) is 17.7 Å². The van der Waals surface area contributed by atoms with E-state index in [2.05, 4.69) is 0 Å². The average Bonchev–Trinajstić information content (AvgIpc) is 2.03. The Hall–Kier alpha value is -1.06. The molecule has 1 aromatic carbocycles. The van der Waals surface area contributed by atoms with Gasteiger partial charge in [-0.3, -0.25) is 4.79 Å². The Morgan fingerprint density at radius 2 is 2.25 bits per heavy atom. The van der Waals surface area contributed by atoms with Gasteiger partial charge in [0.1, 0.15) is 0 Å². The van der Waals surface area contributed by atoms with E-state index in [1.54, 1.807) is 6.07 Å². The molecule has 0 aromatic heterocycles. The minimum Gasteiger partial charge on any atom is -0.392 e. The number of benzene rings is 1. The molecule has 0 heterocycles. The Morgan fingerprint density at radius 1 is 1.58 bits per heavy atom. The van der Waals surface area contributed by atoms with Crippen molar-refractivity contribution < 1.29 is 9.90 Å². The van der Waals surface area contributed by atoms with E-state index in [0.29, 0.717) is 5.56 Å². The van der Waals surface area contributed by atoms with Crippen molar-refractivity contribution in [1.82, 2.24) is 0 Å². The number of hydrogen-bond acceptors (Lipinski definition) is 2. The highest BCUT2D eigenvalue weighted by molar-refractivity contribution is 6.33. The highest BCUT2D eigenvalue weighted by Crippen LogP contribution is 2.17. The van der Waals surface area contributed by atoms with E-state index in [0.717, 1.165) is 0 Å². The normalized spacial score (nSPS) is 9.83. The molecule has 0 fully saturated rings. The van der Waals surface area contributed by atoms with Crippen molar-refractivity contribution in [2.45, 2.75) is 6.61 Å². The fourth-order valence-corrected chi connectivity index (χ4v) is 1.15. The summed E-state index contributed by atoms with van der Waals surface area (Å²) >= 11 is 5.69. The van der Waals surface area contributed by atoms with Crippen LogP contribution in [0.25, 0.3) is 0 Å². The van der Waals surface area contributed by atoms with Gasteiger partial charge in [0.25, 0.3) is 0 Å². The predicted molar refractivity (Wildman–Crippen MR) is 45.9 cm³/mol. The number of nitrogens with two attached hydrogens (primary N) is 1. The van der Waals surface area contributed by atoms with Gasteiger partial charge in [-0.25, -0.2) is 0 Å². The molecule has 0 aliphatic rings. The lowest BCUT2D eigenvalue weighted by atomic mass is 10.1. The Bertz CT molecular complexity index is 312. The Morgan fingerprint density at radius 3 is 2.67 bits per heavy atom. The van der Waals surface area contributed by atoms with E-state index >= 15 is 0 Å². The van der Waals surface area contributed by atoms with Crippen molar-refractivity contribution in [3.8, 4) is 0 Å². The third-order valence-corrected chi connectivity index (χ3v) is 1.79. The van der Waals surface area contributed by atoms with Gasteiger partial charge in [0.15, 0.2) is 0 Å². The first-order chi connectivity index (χ1) is 5.65. The van der Waals surface area contributed by atoms with Crippen LogP contribution in [0.3, 0.4) is 0 Å². The molecular formula is C8H8ClNO2. The summed E-state index contributed by atoms with van der Waals surface area (Å²) < 4.78 is 0. The van der Waals surface area contributed by atoms with Crippen LogP contribution in [0.5, 0.6) is 0 Å². The maximum absolute atomic E-state index is 10.7. The highest BCUT2D eigenvalue weighted by Gasteiger charge is 2.05. The lowest BCUT2D eigenvalue weighted by Crippen LogP contribution is -2.11. The van der Waals surface area contributed by atoms with Gasteiger partial charge in [0.2, 0.25) is 5.91 Å². The summed E-state index contributed by atoms with van der Waals surface area (Å²) in [6, 6.07) is 4.61. The SMILES string of the molecule is NC(=O)c1ccc(CO)cc1Cl. The van der Waals surface area contributed by atoms with Crippen LogP contribution in [0, 0.1) is 0 Å². The number of amides is 1. The first-order valence-corrected chi connectivity index (χ1v) is 3.72. The first kappa shape index (κ1) is 9.03. The van der Waals surface area contributed by atoms with Crippen LogP contribution in [0.4, 0.5) is 0 Å². The van der Waals surface area contributed by atoms with Gasteiger partial charge in [0.05, 0.1) is 17.2 Å². The minimum absolute atomic E-state index is 0.0985. The Kier molecular flexibility index (Phi) is 2.68. The van der Waals surface area contributed by atoms with Gasteiger partial charge in [-0.2, -0.15) is 0 Å². The van der Waals surface area contributed by atoms with Crippen LogP contribution in [0.15, 0.2) is 18.2 Å². The zero-order valence-electron chi connectivity index (χ0n) is 6.25. The molecular weight excluding hydrogens is 178 g/mol. The quantitative estimate of drug-likeness (QED) is 0.720. The third-order valence-electron chi connectivity index (χ3n) is 1.48. The van der Waals surface area contributed by atoms with Gasteiger partial charge < -0.3 is 10.8 Å². The number of aliphatic hydroxyl groups excluding tert-OH is 1. The lowest BCUT2D eigenvalue weighted by molar-refractivity contribution is 0.100.